The predicted octanol–water partition coefficient (Wildman–Crippen LogP) is 5.00. The van der Waals surface area contributed by atoms with Crippen LogP contribution in [-0.2, 0) is 19.5 Å². The van der Waals surface area contributed by atoms with E-state index in [-0.39, 0.29) is 6.67 Å². The number of hydrogen-bond acceptors (Lipinski definition) is 6. The molecule has 0 aliphatic carbocycles. The van der Waals surface area contributed by atoms with Gasteiger partial charge in [0.25, 0.3) is 0 Å². The average molecular weight is 489 g/mol. The number of nitrogens with zero attached hydrogens (tertiary/aromatic N) is 5. The van der Waals surface area contributed by atoms with Gasteiger partial charge >= 0.3 is 0 Å². The molecule has 0 saturated carbocycles. The van der Waals surface area contributed by atoms with Gasteiger partial charge in [-0.15, -0.1) is 0 Å². The van der Waals surface area contributed by atoms with E-state index in [0.717, 1.165) is 62.2 Å². The molecule has 0 fully saturated rings. The van der Waals surface area contributed by atoms with E-state index in [1.165, 1.54) is 0 Å². The lowest BCUT2D eigenvalue weighted by Crippen LogP contribution is -2.29. The number of hydrogen-bond donors (Lipinski definition) is 1. The lowest BCUT2D eigenvalue weighted by atomic mass is 10.0. The van der Waals surface area contributed by atoms with Crippen molar-refractivity contribution in [3.05, 3.63) is 64.9 Å². The standard InChI is InChI=1S/C28H33FN6O/c1-18-23(6-5-11-29)28(33-27(30-18)17-34(3)4)35-12-13-36-26-10-8-20(14-22(26)16-35)21-7-9-24-25(15-21)32-19(2)31-24/h7-10,14-15H,5-6,11-13,16-17H2,1-4H3,(H,31,32). The first-order chi connectivity index (χ1) is 17.4. The molecule has 2 aromatic heterocycles. The van der Waals surface area contributed by atoms with Crippen molar-refractivity contribution in [1.29, 1.82) is 0 Å². The Kier molecular flexibility index (Phi) is 6.87. The molecule has 1 aliphatic heterocycles. The monoisotopic (exact) mass is 488 g/mol. The summed E-state index contributed by atoms with van der Waals surface area (Å²) in [6.07, 6.45) is 1.08. The van der Waals surface area contributed by atoms with Crippen molar-refractivity contribution in [3.8, 4) is 16.9 Å². The third-order valence-corrected chi connectivity index (χ3v) is 6.53. The van der Waals surface area contributed by atoms with Gasteiger partial charge in [-0.2, -0.15) is 0 Å². The molecule has 3 heterocycles. The van der Waals surface area contributed by atoms with E-state index in [1.54, 1.807) is 0 Å². The van der Waals surface area contributed by atoms with Crippen LogP contribution in [-0.4, -0.2) is 58.8 Å². The Morgan fingerprint density at radius 2 is 1.86 bits per heavy atom. The maximum Gasteiger partial charge on any atom is 0.144 e. The van der Waals surface area contributed by atoms with Crippen molar-refractivity contribution in [2.75, 3.05) is 38.8 Å². The molecule has 0 amide bonds. The molecule has 0 radical (unpaired) electrons. The SMILES string of the molecule is Cc1nc2cc(-c3ccc4c(c3)CN(c3nc(CN(C)C)nc(C)c3CCCF)CCO4)ccc2[nH]1. The van der Waals surface area contributed by atoms with Crippen LogP contribution in [0.1, 0.15) is 34.9 Å². The number of rotatable bonds is 7. The Balaban J connectivity index is 1.51. The van der Waals surface area contributed by atoms with E-state index in [2.05, 4.69) is 56.2 Å². The lowest BCUT2D eigenvalue weighted by molar-refractivity contribution is 0.331. The zero-order valence-electron chi connectivity index (χ0n) is 21.4. The summed E-state index contributed by atoms with van der Waals surface area (Å²) >= 11 is 0. The summed E-state index contributed by atoms with van der Waals surface area (Å²) in [5, 5.41) is 0. The van der Waals surface area contributed by atoms with Crippen molar-refractivity contribution >= 4 is 16.9 Å². The fourth-order valence-corrected chi connectivity index (χ4v) is 4.86. The predicted molar refractivity (Wildman–Crippen MR) is 141 cm³/mol. The number of halogens is 1. The Hall–Kier alpha value is -3.52. The van der Waals surface area contributed by atoms with E-state index in [4.69, 9.17) is 14.7 Å². The van der Waals surface area contributed by atoms with Gasteiger partial charge in [0.2, 0.25) is 0 Å². The summed E-state index contributed by atoms with van der Waals surface area (Å²) in [5.41, 5.74) is 7.27. The Bertz CT molecular complexity index is 1380. The molecule has 7 nitrogen and oxygen atoms in total. The number of alkyl halides is 1. The Morgan fingerprint density at radius 3 is 2.67 bits per heavy atom. The van der Waals surface area contributed by atoms with Crippen LogP contribution in [0, 0.1) is 13.8 Å². The number of benzene rings is 2. The third kappa shape index (κ3) is 5.04. The molecule has 36 heavy (non-hydrogen) atoms. The fourth-order valence-electron chi connectivity index (χ4n) is 4.86. The van der Waals surface area contributed by atoms with Gasteiger partial charge in [0.15, 0.2) is 0 Å². The van der Waals surface area contributed by atoms with Crippen LogP contribution in [0.5, 0.6) is 5.75 Å². The van der Waals surface area contributed by atoms with Gasteiger partial charge in [-0.1, -0.05) is 12.1 Å². The molecule has 4 aromatic rings. The van der Waals surface area contributed by atoms with Crippen molar-refractivity contribution in [2.24, 2.45) is 0 Å². The number of ether oxygens (including phenoxy) is 1. The van der Waals surface area contributed by atoms with Crippen molar-refractivity contribution < 1.29 is 9.13 Å². The summed E-state index contributed by atoms with van der Waals surface area (Å²) in [7, 11) is 4.02. The maximum atomic E-state index is 13.1. The number of imidazole rings is 1. The summed E-state index contributed by atoms with van der Waals surface area (Å²) in [6.45, 7) is 6.18. The summed E-state index contributed by atoms with van der Waals surface area (Å²) in [6, 6.07) is 12.7. The molecule has 0 atom stereocenters. The topological polar surface area (TPSA) is 70.2 Å². The minimum absolute atomic E-state index is 0.354. The second-order valence-electron chi connectivity index (χ2n) is 9.70. The number of anilines is 1. The van der Waals surface area contributed by atoms with Crippen molar-refractivity contribution in [2.45, 2.75) is 39.8 Å². The third-order valence-electron chi connectivity index (χ3n) is 6.53. The smallest absolute Gasteiger partial charge is 0.144 e. The average Bonchev–Trinajstić information content (AvgIpc) is 3.08. The van der Waals surface area contributed by atoms with Gasteiger partial charge < -0.3 is 19.5 Å². The van der Waals surface area contributed by atoms with Crippen LogP contribution in [0.25, 0.3) is 22.2 Å². The minimum atomic E-state index is -0.354. The highest BCUT2D eigenvalue weighted by molar-refractivity contribution is 5.82. The Labute approximate surface area is 211 Å². The van der Waals surface area contributed by atoms with Crippen LogP contribution in [0.4, 0.5) is 10.2 Å². The first kappa shape index (κ1) is 24.2. The number of aromatic amines is 1. The molecule has 0 unspecified atom stereocenters. The quantitative estimate of drug-likeness (QED) is 0.395. The van der Waals surface area contributed by atoms with Gasteiger partial charge in [-0.3, -0.25) is 4.39 Å². The first-order valence-corrected chi connectivity index (χ1v) is 12.5. The zero-order chi connectivity index (χ0) is 25.2. The normalized spacial score (nSPS) is 13.7. The summed E-state index contributed by atoms with van der Waals surface area (Å²) < 4.78 is 19.3. The molecule has 1 aliphatic rings. The molecular formula is C28H33FN6O. The highest BCUT2D eigenvalue weighted by Crippen LogP contribution is 2.33. The van der Waals surface area contributed by atoms with E-state index in [9.17, 15) is 4.39 Å². The second-order valence-corrected chi connectivity index (χ2v) is 9.70. The van der Waals surface area contributed by atoms with Crippen LogP contribution in [0.15, 0.2) is 36.4 Å². The van der Waals surface area contributed by atoms with Gasteiger partial charge in [0.1, 0.15) is 29.8 Å². The van der Waals surface area contributed by atoms with Gasteiger partial charge in [-0.05, 0) is 76.2 Å². The van der Waals surface area contributed by atoms with Crippen LogP contribution < -0.4 is 9.64 Å². The van der Waals surface area contributed by atoms with E-state index in [0.29, 0.717) is 39.1 Å². The molecule has 188 valence electrons. The first-order valence-electron chi connectivity index (χ1n) is 12.5. The maximum absolute atomic E-state index is 13.1. The number of H-pyrrole nitrogens is 1. The van der Waals surface area contributed by atoms with E-state index < -0.39 is 0 Å². The number of fused-ring (bicyclic) bond motifs is 2. The van der Waals surface area contributed by atoms with Gasteiger partial charge in [0.05, 0.1) is 30.8 Å². The molecule has 1 N–H and O–H groups in total. The molecule has 5 rings (SSSR count). The van der Waals surface area contributed by atoms with Gasteiger partial charge in [-0.25, -0.2) is 15.0 Å². The molecule has 0 saturated heterocycles. The van der Waals surface area contributed by atoms with E-state index in [1.807, 2.05) is 27.9 Å². The van der Waals surface area contributed by atoms with Crippen molar-refractivity contribution in [1.82, 2.24) is 24.8 Å². The highest BCUT2D eigenvalue weighted by atomic mass is 19.1. The number of aromatic nitrogens is 4. The zero-order valence-corrected chi connectivity index (χ0v) is 21.4. The number of nitrogens with one attached hydrogen (secondary N) is 1. The van der Waals surface area contributed by atoms with Crippen LogP contribution in [0.3, 0.4) is 0 Å². The molecule has 0 bridgehead atoms. The lowest BCUT2D eigenvalue weighted by Gasteiger charge is -2.26. The largest absolute Gasteiger partial charge is 0.491 e. The summed E-state index contributed by atoms with van der Waals surface area (Å²) in [4.78, 5) is 21.9. The molecule has 0 spiro atoms. The van der Waals surface area contributed by atoms with Crippen LogP contribution in [0.2, 0.25) is 0 Å². The van der Waals surface area contributed by atoms with Gasteiger partial charge in [0, 0.05) is 23.4 Å². The molecular weight excluding hydrogens is 455 g/mol. The second kappa shape index (κ2) is 10.2. The van der Waals surface area contributed by atoms with Crippen LogP contribution >= 0.6 is 0 Å². The molecule has 8 heteroatoms. The minimum Gasteiger partial charge on any atom is -0.491 e. The molecule has 2 aromatic carbocycles. The van der Waals surface area contributed by atoms with Crippen molar-refractivity contribution in [3.63, 3.8) is 0 Å². The highest BCUT2D eigenvalue weighted by Gasteiger charge is 2.22. The fraction of sp³-hybridized carbons (Fsp3) is 0.393. The van der Waals surface area contributed by atoms with E-state index >= 15 is 0 Å². The summed E-state index contributed by atoms with van der Waals surface area (Å²) in [5.74, 6) is 3.47. The number of aryl methyl sites for hydroxylation is 2. The Morgan fingerprint density at radius 1 is 1.06 bits per heavy atom.